The summed E-state index contributed by atoms with van der Waals surface area (Å²) in [6, 6.07) is 0. The molecule has 0 aromatic carbocycles. The van der Waals surface area contributed by atoms with E-state index < -0.39 is 33.3 Å². The van der Waals surface area contributed by atoms with Gasteiger partial charge < -0.3 is 9.84 Å². The molecule has 1 fully saturated rings. The Bertz CT molecular complexity index is 395. The van der Waals surface area contributed by atoms with Gasteiger partial charge in [-0.15, -0.1) is 0 Å². The number of aliphatic hydroxyl groups excluding tert-OH is 1. The first-order valence-electron chi connectivity index (χ1n) is 6.66. The van der Waals surface area contributed by atoms with Crippen molar-refractivity contribution >= 4 is 16.0 Å². The molecule has 0 spiro atoms. The third kappa shape index (κ3) is 4.43. The molecule has 1 rings (SSSR count). The van der Waals surface area contributed by atoms with Crippen molar-refractivity contribution in [2.75, 3.05) is 13.7 Å². The number of ether oxygens (including phenoxy) is 1. The summed E-state index contributed by atoms with van der Waals surface area (Å²) in [6.07, 6.45) is 2.35. The minimum Gasteiger partial charge on any atom is -0.469 e. The summed E-state index contributed by atoms with van der Waals surface area (Å²) >= 11 is 0. The molecule has 7 heteroatoms. The SMILES string of the molecule is CCCC(O)CNS(=O)(=O)C1CCCC1C(=O)OC. The molecule has 2 N–H and O–H groups in total. The number of carbonyl (C=O) groups excluding carboxylic acids is 1. The smallest absolute Gasteiger partial charge is 0.310 e. The predicted molar refractivity (Wildman–Crippen MR) is 71.0 cm³/mol. The molecule has 0 aliphatic heterocycles. The van der Waals surface area contributed by atoms with Crippen molar-refractivity contribution in [3.8, 4) is 0 Å². The van der Waals surface area contributed by atoms with Crippen LogP contribution >= 0.6 is 0 Å². The van der Waals surface area contributed by atoms with Crippen LogP contribution in [0.2, 0.25) is 0 Å². The summed E-state index contributed by atoms with van der Waals surface area (Å²) in [6.45, 7) is 1.92. The van der Waals surface area contributed by atoms with E-state index >= 15 is 0 Å². The molecule has 3 atom stereocenters. The first kappa shape index (κ1) is 16.4. The number of nitrogens with one attached hydrogen (secondary N) is 1. The van der Waals surface area contributed by atoms with E-state index in [9.17, 15) is 18.3 Å². The zero-order chi connectivity index (χ0) is 14.5. The quantitative estimate of drug-likeness (QED) is 0.663. The third-order valence-corrected chi connectivity index (χ3v) is 5.43. The maximum atomic E-state index is 12.1. The van der Waals surface area contributed by atoms with E-state index in [0.29, 0.717) is 25.7 Å². The molecule has 1 aliphatic carbocycles. The van der Waals surface area contributed by atoms with Crippen LogP contribution in [0.3, 0.4) is 0 Å². The zero-order valence-electron chi connectivity index (χ0n) is 11.5. The number of hydrogen-bond acceptors (Lipinski definition) is 5. The van der Waals surface area contributed by atoms with Crippen LogP contribution in [0.5, 0.6) is 0 Å². The minimum absolute atomic E-state index is 0.000561. The zero-order valence-corrected chi connectivity index (χ0v) is 12.3. The summed E-state index contributed by atoms with van der Waals surface area (Å²) < 4.78 is 31.3. The van der Waals surface area contributed by atoms with E-state index in [1.807, 2.05) is 6.92 Å². The van der Waals surface area contributed by atoms with Gasteiger partial charge in [-0.3, -0.25) is 4.79 Å². The molecule has 19 heavy (non-hydrogen) atoms. The highest BCUT2D eigenvalue weighted by Crippen LogP contribution is 2.31. The van der Waals surface area contributed by atoms with Crippen molar-refractivity contribution in [2.24, 2.45) is 5.92 Å². The fourth-order valence-electron chi connectivity index (χ4n) is 2.47. The lowest BCUT2D eigenvalue weighted by Crippen LogP contribution is -2.42. The van der Waals surface area contributed by atoms with E-state index in [2.05, 4.69) is 9.46 Å². The Morgan fingerprint density at radius 2 is 2.16 bits per heavy atom. The van der Waals surface area contributed by atoms with E-state index in [1.54, 1.807) is 0 Å². The van der Waals surface area contributed by atoms with Gasteiger partial charge in [0.1, 0.15) is 0 Å². The average molecular weight is 293 g/mol. The molecule has 0 aromatic heterocycles. The fraction of sp³-hybridized carbons (Fsp3) is 0.917. The molecule has 0 aromatic rings. The predicted octanol–water partition coefficient (Wildman–Crippen LogP) is 0.408. The van der Waals surface area contributed by atoms with Crippen LogP contribution in [0.1, 0.15) is 39.0 Å². The number of esters is 1. The van der Waals surface area contributed by atoms with E-state index in [4.69, 9.17) is 0 Å². The summed E-state index contributed by atoms with van der Waals surface area (Å²) in [5.41, 5.74) is 0. The molecule has 112 valence electrons. The Hall–Kier alpha value is -0.660. The van der Waals surface area contributed by atoms with Gasteiger partial charge >= 0.3 is 5.97 Å². The third-order valence-electron chi connectivity index (χ3n) is 3.50. The molecule has 0 radical (unpaired) electrons. The average Bonchev–Trinajstić information content (AvgIpc) is 2.86. The second kappa shape index (κ2) is 7.21. The van der Waals surface area contributed by atoms with Crippen molar-refractivity contribution < 1.29 is 23.1 Å². The number of aliphatic hydroxyl groups is 1. The number of sulfonamides is 1. The van der Waals surface area contributed by atoms with Crippen molar-refractivity contribution in [3.05, 3.63) is 0 Å². The van der Waals surface area contributed by atoms with Gasteiger partial charge in [-0.2, -0.15) is 0 Å². The highest BCUT2D eigenvalue weighted by Gasteiger charge is 2.42. The molecule has 0 saturated heterocycles. The lowest BCUT2D eigenvalue weighted by molar-refractivity contribution is -0.145. The second-order valence-corrected chi connectivity index (χ2v) is 6.92. The lowest BCUT2D eigenvalue weighted by atomic mass is 10.1. The summed E-state index contributed by atoms with van der Waals surface area (Å²) in [4.78, 5) is 11.5. The fourth-order valence-corrected chi connectivity index (χ4v) is 4.27. The first-order valence-corrected chi connectivity index (χ1v) is 8.21. The van der Waals surface area contributed by atoms with Gasteiger partial charge in [0.05, 0.1) is 24.4 Å². The highest BCUT2D eigenvalue weighted by atomic mass is 32.2. The Labute approximate surface area is 114 Å². The standard InChI is InChI=1S/C12H23NO5S/c1-3-5-9(14)8-13-19(16,17)11-7-4-6-10(11)12(15)18-2/h9-11,13-14H,3-8H2,1-2H3. The number of carbonyl (C=O) groups is 1. The minimum atomic E-state index is -3.59. The first-order chi connectivity index (χ1) is 8.92. The maximum Gasteiger partial charge on any atom is 0.310 e. The van der Waals surface area contributed by atoms with Gasteiger partial charge in [0.2, 0.25) is 10.0 Å². The van der Waals surface area contributed by atoms with Gasteiger partial charge in [0.15, 0.2) is 0 Å². The van der Waals surface area contributed by atoms with Gasteiger partial charge in [-0.05, 0) is 19.3 Å². The topological polar surface area (TPSA) is 92.7 Å². The van der Waals surface area contributed by atoms with E-state index in [-0.39, 0.29) is 6.54 Å². The Balaban J connectivity index is 2.63. The Morgan fingerprint density at radius 1 is 1.47 bits per heavy atom. The summed E-state index contributed by atoms with van der Waals surface area (Å²) in [5.74, 6) is -1.06. The van der Waals surface area contributed by atoms with Crippen LogP contribution in [-0.2, 0) is 19.6 Å². The molecule has 0 bridgehead atoms. The monoisotopic (exact) mass is 293 g/mol. The Kier molecular flexibility index (Phi) is 6.22. The number of methoxy groups -OCH3 is 1. The van der Waals surface area contributed by atoms with Crippen molar-refractivity contribution in [3.63, 3.8) is 0 Å². The molecule has 1 aliphatic rings. The summed E-state index contributed by atoms with van der Waals surface area (Å²) in [7, 11) is -2.32. The van der Waals surface area contributed by atoms with Crippen LogP contribution in [-0.4, -0.2) is 44.5 Å². The van der Waals surface area contributed by atoms with Crippen molar-refractivity contribution in [1.29, 1.82) is 0 Å². The van der Waals surface area contributed by atoms with Gasteiger partial charge in [-0.25, -0.2) is 13.1 Å². The molecular formula is C12H23NO5S. The molecule has 3 unspecified atom stereocenters. The van der Waals surface area contributed by atoms with Crippen LogP contribution in [0.15, 0.2) is 0 Å². The lowest BCUT2D eigenvalue weighted by Gasteiger charge is -2.19. The largest absolute Gasteiger partial charge is 0.469 e. The van der Waals surface area contributed by atoms with Crippen LogP contribution in [0.25, 0.3) is 0 Å². The number of hydrogen-bond donors (Lipinski definition) is 2. The maximum absolute atomic E-state index is 12.1. The second-order valence-electron chi connectivity index (χ2n) is 4.93. The summed E-state index contributed by atoms with van der Waals surface area (Å²) in [5, 5.41) is 8.82. The molecular weight excluding hydrogens is 270 g/mol. The van der Waals surface area contributed by atoms with Crippen LogP contribution in [0, 0.1) is 5.92 Å². The van der Waals surface area contributed by atoms with Gasteiger partial charge in [-0.1, -0.05) is 19.8 Å². The van der Waals surface area contributed by atoms with Crippen molar-refractivity contribution in [1.82, 2.24) is 4.72 Å². The molecule has 0 heterocycles. The molecule has 0 amide bonds. The normalized spacial score (nSPS) is 25.2. The Morgan fingerprint density at radius 3 is 2.74 bits per heavy atom. The molecule has 6 nitrogen and oxygen atoms in total. The molecule has 1 saturated carbocycles. The van der Waals surface area contributed by atoms with E-state index in [0.717, 1.165) is 6.42 Å². The number of rotatable bonds is 7. The van der Waals surface area contributed by atoms with Crippen LogP contribution in [0.4, 0.5) is 0 Å². The highest BCUT2D eigenvalue weighted by molar-refractivity contribution is 7.90. The van der Waals surface area contributed by atoms with Crippen LogP contribution < -0.4 is 4.72 Å². The van der Waals surface area contributed by atoms with E-state index in [1.165, 1.54) is 7.11 Å². The van der Waals surface area contributed by atoms with Gasteiger partial charge in [0, 0.05) is 6.54 Å². The van der Waals surface area contributed by atoms with Gasteiger partial charge in [0.25, 0.3) is 0 Å². The van der Waals surface area contributed by atoms with Crippen molar-refractivity contribution in [2.45, 2.75) is 50.4 Å².